The molecule has 2 aromatic carbocycles. The van der Waals surface area contributed by atoms with Crippen LogP contribution in [0, 0.1) is 0 Å². The predicted octanol–water partition coefficient (Wildman–Crippen LogP) is 4.33. The van der Waals surface area contributed by atoms with E-state index in [2.05, 4.69) is 4.98 Å². The summed E-state index contributed by atoms with van der Waals surface area (Å²) in [6, 6.07) is 13.7. The molecule has 0 spiro atoms. The summed E-state index contributed by atoms with van der Waals surface area (Å²) in [6.45, 7) is 0. The van der Waals surface area contributed by atoms with Crippen LogP contribution in [0.5, 0.6) is 11.5 Å². The number of nitrogens with zero attached hydrogens (tertiary/aromatic N) is 1. The molecule has 3 rings (SSSR count). The van der Waals surface area contributed by atoms with Crippen LogP contribution in [0.2, 0.25) is 0 Å². The van der Waals surface area contributed by atoms with E-state index in [0.29, 0.717) is 11.4 Å². The molecular formula is C16H14N2OS. The van der Waals surface area contributed by atoms with E-state index in [9.17, 15) is 0 Å². The van der Waals surface area contributed by atoms with Crippen molar-refractivity contribution in [2.45, 2.75) is 4.90 Å². The molecule has 0 saturated carbocycles. The Bertz CT molecular complexity index is 741. The Hall–Kier alpha value is -2.20. The summed E-state index contributed by atoms with van der Waals surface area (Å²) in [7, 11) is 0. The molecule has 0 amide bonds. The summed E-state index contributed by atoms with van der Waals surface area (Å²) in [5.74, 6) is 1.45. The van der Waals surface area contributed by atoms with Crippen LogP contribution < -0.4 is 10.5 Å². The van der Waals surface area contributed by atoms with Crippen LogP contribution in [0.15, 0.2) is 59.8 Å². The topological polar surface area (TPSA) is 48.1 Å². The van der Waals surface area contributed by atoms with E-state index in [1.54, 1.807) is 24.2 Å². The number of benzene rings is 2. The third-order valence-corrected chi connectivity index (χ3v) is 3.85. The van der Waals surface area contributed by atoms with Crippen LogP contribution in [-0.4, -0.2) is 11.2 Å². The molecule has 0 atom stereocenters. The normalized spacial score (nSPS) is 10.7. The van der Waals surface area contributed by atoms with E-state index < -0.39 is 0 Å². The molecule has 1 heterocycles. The largest absolute Gasteiger partial charge is 0.455 e. The molecular weight excluding hydrogens is 268 g/mol. The van der Waals surface area contributed by atoms with Crippen molar-refractivity contribution < 1.29 is 4.74 Å². The van der Waals surface area contributed by atoms with Gasteiger partial charge in [0, 0.05) is 28.1 Å². The van der Waals surface area contributed by atoms with Crippen molar-refractivity contribution in [1.29, 1.82) is 0 Å². The lowest BCUT2D eigenvalue weighted by Crippen LogP contribution is -1.93. The molecule has 0 aliphatic carbocycles. The Morgan fingerprint density at radius 3 is 2.60 bits per heavy atom. The molecule has 100 valence electrons. The van der Waals surface area contributed by atoms with Gasteiger partial charge in [0.2, 0.25) is 0 Å². The van der Waals surface area contributed by atoms with E-state index in [1.807, 2.05) is 48.7 Å². The summed E-state index contributed by atoms with van der Waals surface area (Å²) in [5, 5.41) is 1.97. The van der Waals surface area contributed by atoms with Gasteiger partial charge in [-0.05, 0) is 48.7 Å². The summed E-state index contributed by atoms with van der Waals surface area (Å²) in [4.78, 5) is 5.29. The van der Waals surface area contributed by atoms with Crippen LogP contribution in [0.3, 0.4) is 0 Å². The molecule has 3 aromatic rings. The number of pyridine rings is 1. The molecule has 0 unspecified atom stereocenters. The van der Waals surface area contributed by atoms with Gasteiger partial charge in [0.05, 0.1) is 5.69 Å². The minimum atomic E-state index is 0.638. The molecule has 0 bridgehead atoms. The predicted molar refractivity (Wildman–Crippen MR) is 84.5 cm³/mol. The third-order valence-electron chi connectivity index (χ3n) is 3.11. The highest BCUT2D eigenvalue weighted by Crippen LogP contribution is 2.33. The highest BCUT2D eigenvalue weighted by molar-refractivity contribution is 7.98. The number of fused-ring (bicyclic) bond motifs is 1. The van der Waals surface area contributed by atoms with Gasteiger partial charge in [0.15, 0.2) is 5.75 Å². The quantitative estimate of drug-likeness (QED) is 0.573. The zero-order chi connectivity index (χ0) is 13.9. The van der Waals surface area contributed by atoms with Gasteiger partial charge in [0.1, 0.15) is 5.75 Å². The van der Waals surface area contributed by atoms with Gasteiger partial charge in [-0.25, -0.2) is 0 Å². The monoisotopic (exact) mass is 282 g/mol. The van der Waals surface area contributed by atoms with E-state index >= 15 is 0 Å². The third kappa shape index (κ3) is 2.42. The Morgan fingerprint density at radius 1 is 1.05 bits per heavy atom. The van der Waals surface area contributed by atoms with Crippen molar-refractivity contribution >= 4 is 28.2 Å². The van der Waals surface area contributed by atoms with E-state index in [-0.39, 0.29) is 0 Å². The average Bonchev–Trinajstić information content (AvgIpc) is 2.51. The average molecular weight is 282 g/mol. The SMILES string of the molecule is CSc1ccc(Oc2ccc3cnccc3c2N)cc1. The van der Waals surface area contributed by atoms with E-state index in [4.69, 9.17) is 10.5 Å². The van der Waals surface area contributed by atoms with Crippen molar-refractivity contribution in [2.24, 2.45) is 0 Å². The number of hydrogen-bond acceptors (Lipinski definition) is 4. The van der Waals surface area contributed by atoms with Crippen molar-refractivity contribution in [2.75, 3.05) is 12.0 Å². The molecule has 1 aromatic heterocycles. The Balaban J connectivity index is 1.95. The van der Waals surface area contributed by atoms with Gasteiger partial charge < -0.3 is 10.5 Å². The number of anilines is 1. The van der Waals surface area contributed by atoms with Gasteiger partial charge in [-0.3, -0.25) is 4.98 Å². The molecule has 4 heteroatoms. The number of aromatic nitrogens is 1. The van der Waals surface area contributed by atoms with Gasteiger partial charge >= 0.3 is 0 Å². The standard InChI is InChI=1S/C16H14N2OS/c1-20-13-5-3-12(4-6-13)19-15-7-2-11-10-18-9-8-14(11)16(15)17/h2-10H,17H2,1H3. The zero-order valence-corrected chi connectivity index (χ0v) is 11.9. The van der Waals surface area contributed by atoms with Crippen molar-refractivity contribution in [3.05, 3.63) is 54.9 Å². The number of nitrogens with two attached hydrogens (primary N) is 1. The second-order valence-corrected chi connectivity index (χ2v) is 5.23. The van der Waals surface area contributed by atoms with Gasteiger partial charge in [-0.15, -0.1) is 11.8 Å². The van der Waals surface area contributed by atoms with Gasteiger partial charge in [0.25, 0.3) is 0 Å². The molecule has 3 nitrogen and oxygen atoms in total. The Labute approximate surface area is 121 Å². The van der Waals surface area contributed by atoms with Crippen LogP contribution in [-0.2, 0) is 0 Å². The van der Waals surface area contributed by atoms with Crippen LogP contribution in [0.1, 0.15) is 0 Å². The van der Waals surface area contributed by atoms with Crippen LogP contribution >= 0.6 is 11.8 Å². The van der Waals surface area contributed by atoms with E-state index in [0.717, 1.165) is 16.5 Å². The molecule has 0 radical (unpaired) electrons. The smallest absolute Gasteiger partial charge is 0.150 e. The number of hydrogen-bond donors (Lipinski definition) is 1. The Morgan fingerprint density at radius 2 is 1.85 bits per heavy atom. The van der Waals surface area contributed by atoms with Crippen molar-refractivity contribution in [1.82, 2.24) is 4.98 Å². The zero-order valence-electron chi connectivity index (χ0n) is 11.0. The number of rotatable bonds is 3. The fraction of sp³-hybridized carbons (Fsp3) is 0.0625. The molecule has 2 N–H and O–H groups in total. The minimum Gasteiger partial charge on any atom is -0.455 e. The molecule has 0 aliphatic heterocycles. The molecule has 0 fully saturated rings. The van der Waals surface area contributed by atoms with Crippen LogP contribution in [0.4, 0.5) is 5.69 Å². The summed E-state index contributed by atoms with van der Waals surface area (Å²) in [6.07, 6.45) is 5.57. The lowest BCUT2D eigenvalue weighted by atomic mass is 10.1. The summed E-state index contributed by atoms with van der Waals surface area (Å²) < 4.78 is 5.86. The maximum atomic E-state index is 6.17. The number of nitrogen functional groups attached to an aromatic ring is 1. The first-order chi connectivity index (χ1) is 9.78. The highest BCUT2D eigenvalue weighted by atomic mass is 32.2. The molecule has 20 heavy (non-hydrogen) atoms. The molecule has 0 saturated heterocycles. The Kier molecular flexibility index (Phi) is 3.48. The van der Waals surface area contributed by atoms with Crippen molar-refractivity contribution in [3.63, 3.8) is 0 Å². The maximum absolute atomic E-state index is 6.17. The second kappa shape index (κ2) is 5.43. The first kappa shape index (κ1) is 12.8. The van der Waals surface area contributed by atoms with E-state index in [1.165, 1.54) is 4.90 Å². The number of ether oxygens (including phenoxy) is 1. The van der Waals surface area contributed by atoms with Crippen molar-refractivity contribution in [3.8, 4) is 11.5 Å². The fourth-order valence-electron chi connectivity index (χ4n) is 2.03. The number of thioether (sulfide) groups is 1. The van der Waals surface area contributed by atoms with Crippen LogP contribution in [0.25, 0.3) is 10.8 Å². The maximum Gasteiger partial charge on any atom is 0.150 e. The second-order valence-electron chi connectivity index (χ2n) is 4.35. The lowest BCUT2D eigenvalue weighted by molar-refractivity contribution is 0.485. The summed E-state index contributed by atoms with van der Waals surface area (Å²) in [5.41, 5.74) is 6.80. The first-order valence-electron chi connectivity index (χ1n) is 6.22. The lowest BCUT2D eigenvalue weighted by Gasteiger charge is -2.11. The molecule has 0 aliphatic rings. The highest BCUT2D eigenvalue weighted by Gasteiger charge is 2.06. The fourth-order valence-corrected chi connectivity index (χ4v) is 2.44. The van der Waals surface area contributed by atoms with Gasteiger partial charge in [-0.2, -0.15) is 0 Å². The first-order valence-corrected chi connectivity index (χ1v) is 7.44. The van der Waals surface area contributed by atoms with Gasteiger partial charge in [-0.1, -0.05) is 0 Å². The summed E-state index contributed by atoms with van der Waals surface area (Å²) >= 11 is 1.70. The minimum absolute atomic E-state index is 0.638.